The molecular formula is C25H32N2O4. The van der Waals surface area contributed by atoms with E-state index in [1.165, 1.54) is 4.90 Å². The van der Waals surface area contributed by atoms with Crippen LogP contribution in [0.2, 0.25) is 0 Å². The van der Waals surface area contributed by atoms with E-state index in [0.29, 0.717) is 34.6 Å². The SMILES string of the molecule is C=CCN(C(=O)c1ccc(C)cc1)[C@@H](C)C(=O)c1c(C)c(C(=O)OCC)n(CC)c1C. The Balaban J connectivity index is 2.48. The summed E-state index contributed by atoms with van der Waals surface area (Å²) in [5.41, 5.74) is 3.69. The number of nitrogens with zero attached hydrogens (tertiary/aromatic N) is 2. The van der Waals surface area contributed by atoms with Crippen LogP contribution in [0.3, 0.4) is 0 Å². The second-order valence-corrected chi connectivity index (χ2v) is 7.55. The molecule has 0 aliphatic carbocycles. The molecule has 0 aliphatic rings. The van der Waals surface area contributed by atoms with Gasteiger partial charge in [-0.25, -0.2) is 4.79 Å². The number of ether oxygens (including phenoxy) is 1. The average molecular weight is 425 g/mol. The van der Waals surface area contributed by atoms with Crippen molar-refractivity contribution in [3.63, 3.8) is 0 Å². The molecule has 2 rings (SSSR count). The van der Waals surface area contributed by atoms with Crippen molar-refractivity contribution in [3.8, 4) is 0 Å². The number of hydrogen-bond acceptors (Lipinski definition) is 4. The highest BCUT2D eigenvalue weighted by Crippen LogP contribution is 2.26. The molecule has 0 saturated carbocycles. The Kier molecular flexibility index (Phi) is 7.97. The largest absolute Gasteiger partial charge is 0.461 e. The van der Waals surface area contributed by atoms with Crippen molar-refractivity contribution in [2.24, 2.45) is 0 Å². The predicted molar refractivity (Wildman–Crippen MR) is 122 cm³/mol. The lowest BCUT2D eigenvalue weighted by Crippen LogP contribution is -2.43. The molecule has 0 bridgehead atoms. The molecule has 0 radical (unpaired) electrons. The van der Waals surface area contributed by atoms with Crippen LogP contribution in [0, 0.1) is 20.8 Å². The van der Waals surface area contributed by atoms with Crippen LogP contribution in [0.5, 0.6) is 0 Å². The molecule has 6 heteroatoms. The lowest BCUT2D eigenvalue weighted by molar-refractivity contribution is 0.0512. The maximum absolute atomic E-state index is 13.6. The first-order valence-corrected chi connectivity index (χ1v) is 10.6. The molecule has 166 valence electrons. The van der Waals surface area contributed by atoms with E-state index in [2.05, 4.69) is 6.58 Å². The maximum Gasteiger partial charge on any atom is 0.355 e. The summed E-state index contributed by atoms with van der Waals surface area (Å²) in [6, 6.07) is 6.52. The van der Waals surface area contributed by atoms with Crippen molar-refractivity contribution < 1.29 is 19.1 Å². The monoisotopic (exact) mass is 424 g/mol. The van der Waals surface area contributed by atoms with Crippen molar-refractivity contribution in [1.29, 1.82) is 0 Å². The fraction of sp³-hybridized carbons (Fsp3) is 0.400. The van der Waals surface area contributed by atoms with Crippen molar-refractivity contribution in [3.05, 3.63) is 70.6 Å². The number of hydrogen-bond donors (Lipinski definition) is 0. The zero-order valence-electron chi connectivity index (χ0n) is 19.3. The summed E-state index contributed by atoms with van der Waals surface area (Å²) in [6.45, 7) is 15.7. The van der Waals surface area contributed by atoms with Crippen LogP contribution in [-0.4, -0.2) is 46.3 Å². The average Bonchev–Trinajstić information content (AvgIpc) is 3.00. The van der Waals surface area contributed by atoms with Gasteiger partial charge in [-0.2, -0.15) is 0 Å². The Morgan fingerprint density at radius 1 is 1.13 bits per heavy atom. The van der Waals surface area contributed by atoms with Crippen LogP contribution < -0.4 is 0 Å². The number of ketones is 1. The molecule has 6 nitrogen and oxygen atoms in total. The lowest BCUT2D eigenvalue weighted by atomic mass is 9.99. The molecule has 1 aromatic carbocycles. The minimum absolute atomic E-state index is 0.213. The quantitative estimate of drug-likeness (QED) is 0.337. The summed E-state index contributed by atoms with van der Waals surface area (Å²) in [5.74, 6) is -0.901. The number of carbonyl (C=O) groups is 3. The Morgan fingerprint density at radius 2 is 1.74 bits per heavy atom. The van der Waals surface area contributed by atoms with Crippen molar-refractivity contribution in [1.82, 2.24) is 9.47 Å². The highest BCUT2D eigenvalue weighted by molar-refractivity contribution is 6.07. The number of aromatic nitrogens is 1. The van der Waals surface area contributed by atoms with Crippen LogP contribution >= 0.6 is 0 Å². The van der Waals surface area contributed by atoms with Gasteiger partial charge in [0.2, 0.25) is 0 Å². The first-order valence-electron chi connectivity index (χ1n) is 10.6. The third-order valence-corrected chi connectivity index (χ3v) is 5.53. The molecule has 1 atom stereocenters. The van der Waals surface area contributed by atoms with E-state index >= 15 is 0 Å². The van der Waals surface area contributed by atoms with E-state index in [1.54, 1.807) is 43.5 Å². The summed E-state index contributed by atoms with van der Waals surface area (Å²) in [6.07, 6.45) is 1.61. The molecule has 0 aliphatic heterocycles. The summed E-state index contributed by atoms with van der Waals surface area (Å²) in [4.78, 5) is 40.8. The van der Waals surface area contributed by atoms with Crippen LogP contribution in [0.15, 0.2) is 36.9 Å². The normalized spacial score (nSPS) is 11.7. The molecule has 0 unspecified atom stereocenters. The van der Waals surface area contributed by atoms with Gasteiger partial charge in [-0.3, -0.25) is 9.59 Å². The highest BCUT2D eigenvalue weighted by Gasteiger charge is 2.32. The van der Waals surface area contributed by atoms with Gasteiger partial charge >= 0.3 is 5.97 Å². The van der Waals surface area contributed by atoms with E-state index in [1.807, 2.05) is 32.9 Å². The molecule has 0 fully saturated rings. The highest BCUT2D eigenvalue weighted by atomic mass is 16.5. The summed E-state index contributed by atoms with van der Waals surface area (Å²) in [7, 11) is 0. The van der Waals surface area contributed by atoms with Crippen molar-refractivity contribution >= 4 is 17.7 Å². The van der Waals surface area contributed by atoms with Gasteiger partial charge < -0.3 is 14.2 Å². The molecule has 0 spiro atoms. The fourth-order valence-electron chi connectivity index (χ4n) is 3.88. The molecule has 0 saturated heterocycles. The van der Waals surface area contributed by atoms with Gasteiger partial charge in [-0.1, -0.05) is 23.8 Å². The van der Waals surface area contributed by atoms with E-state index in [-0.39, 0.29) is 24.8 Å². The minimum Gasteiger partial charge on any atom is -0.461 e. The Morgan fingerprint density at radius 3 is 2.26 bits per heavy atom. The second-order valence-electron chi connectivity index (χ2n) is 7.55. The molecule has 31 heavy (non-hydrogen) atoms. The van der Waals surface area contributed by atoms with Gasteiger partial charge in [0, 0.05) is 29.9 Å². The predicted octanol–water partition coefficient (Wildman–Crippen LogP) is 4.51. The summed E-state index contributed by atoms with van der Waals surface area (Å²) < 4.78 is 7.00. The number of aryl methyl sites for hydroxylation is 1. The molecule has 1 aromatic heterocycles. The first kappa shape index (κ1) is 24.1. The Labute approximate surface area is 184 Å². The summed E-state index contributed by atoms with van der Waals surface area (Å²) in [5, 5.41) is 0. The van der Waals surface area contributed by atoms with Gasteiger partial charge in [0.05, 0.1) is 12.6 Å². The Hall–Kier alpha value is -3.15. The van der Waals surface area contributed by atoms with Gasteiger partial charge in [-0.05, 0) is 59.2 Å². The number of rotatable bonds is 9. The lowest BCUT2D eigenvalue weighted by Gasteiger charge is -2.27. The standard InChI is InChI=1S/C25H32N2O4/c1-8-15-27(24(29)20-13-11-16(4)12-14-20)19(7)23(28)21-17(5)22(25(30)31-10-3)26(9-2)18(21)6/h8,11-14,19H,1,9-10,15H2,2-7H3/t19-/m0/s1. The fourth-order valence-corrected chi connectivity index (χ4v) is 3.88. The van der Waals surface area contributed by atoms with Gasteiger partial charge in [0.25, 0.3) is 5.91 Å². The zero-order valence-corrected chi connectivity index (χ0v) is 19.3. The van der Waals surface area contributed by atoms with Crippen molar-refractivity contribution in [2.45, 2.75) is 54.1 Å². The third-order valence-electron chi connectivity index (χ3n) is 5.53. The molecular weight excluding hydrogens is 392 g/mol. The van der Waals surface area contributed by atoms with Crippen LogP contribution in [0.25, 0.3) is 0 Å². The van der Waals surface area contributed by atoms with E-state index in [9.17, 15) is 14.4 Å². The van der Waals surface area contributed by atoms with Gasteiger partial charge in [0.15, 0.2) is 5.78 Å². The van der Waals surface area contributed by atoms with Gasteiger partial charge in [-0.15, -0.1) is 6.58 Å². The second kappa shape index (κ2) is 10.2. The molecule has 1 heterocycles. The van der Waals surface area contributed by atoms with E-state index in [4.69, 9.17) is 4.74 Å². The number of benzene rings is 1. The molecule has 0 N–H and O–H groups in total. The zero-order chi connectivity index (χ0) is 23.3. The number of carbonyl (C=O) groups excluding carboxylic acids is 3. The number of amides is 1. The maximum atomic E-state index is 13.6. The molecule has 2 aromatic rings. The first-order chi connectivity index (χ1) is 14.7. The number of Topliss-reactive ketones (excluding diaryl/α,β-unsaturated/α-hetero) is 1. The summed E-state index contributed by atoms with van der Waals surface area (Å²) >= 11 is 0. The van der Waals surface area contributed by atoms with Gasteiger partial charge in [0.1, 0.15) is 5.69 Å². The van der Waals surface area contributed by atoms with Crippen LogP contribution in [0.1, 0.15) is 68.8 Å². The topological polar surface area (TPSA) is 68.6 Å². The van der Waals surface area contributed by atoms with Crippen LogP contribution in [-0.2, 0) is 11.3 Å². The van der Waals surface area contributed by atoms with E-state index in [0.717, 1.165) is 5.56 Å². The third kappa shape index (κ3) is 4.79. The molecule has 1 amide bonds. The van der Waals surface area contributed by atoms with Crippen LogP contribution in [0.4, 0.5) is 0 Å². The minimum atomic E-state index is -0.730. The smallest absolute Gasteiger partial charge is 0.355 e. The number of esters is 1. The van der Waals surface area contributed by atoms with E-state index < -0.39 is 12.0 Å². The Bertz CT molecular complexity index is 986. The van der Waals surface area contributed by atoms with Crippen molar-refractivity contribution in [2.75, 3.05) is 13.2 Å².